The number of alkyl halides is 1. The molecule has 0 saturated carbocycles. The maximum atomic E-state index is 8.83. The molecule has 0 unspecified atom stereocenters. The number of unbranched alkanes of at least 4 members (excludes halogenated alkanes) is 3. The number of halogens is 1. The van der Waals surface area contributed by atoms with Gasteiger partial charge in [-0.2, -0.15) is 0 Å². The summed E-state index contributed by atoms with van der Waals surface area (Å²) < 4.78 is 9.67. The van der Waals surface area contributed by atoms with Crippen molar-refractivity contribution in [2.24, 2.45) is 5.73 Å². The van der Waals surface area contributed by atoms with Gasteiger partial charge < -0.3 is 0 Å². The van der Waals surface area contributed by atoms with Crippen molar-refractivity contribution < 1.29 is 3.07 Å². The number of rotatable bonds is 12. The van der Waals surface area contributed by atoms with Gasteiger partial charge in [-0.15, -0.1) is 0 Å². The molecule has 0 atom stereocenters. The third-order valence-corrected chi connectivity index (χ3v) is 8.97. The molecule has 20 heavy (non-hydrogen) atoms. The second-order valence-electron chi connectivity index (χ2n) is 5.44. The van der Waals surface area contributed by atoms with Crippen molar-refractivity contribution in [3.05, 3.63) is 0 Å². The average Bonchev–Trinajstić information content (AvgIpc) is 2.38. The monoisotopic (exact) mass is 397 g/mol. The molecule has 0 aromatic heterocycles. The van der Waals surface area contributed by atoms with Crippen molar-refractivity contribution in [2.75, 3.05) is 17.6 Å². The number of hydrogen-bond donors (Lipinski definition) is 1. The molecule has 0 heterocycles. The summed E-state index contributed by atoms with van der Waals surface area (Å²) in [5, 5.41) is 8.83. The molecule has 4 nitrogen and oxygen atoms in total. The van der Waals surface area contributed by atoms with Crippen LogP contribution in [0, 0.1) is 11.3 Å². The van der Waals surface area contributed by atoms with Gasteiger partial charge in [0.2, 0.25) is 0 Å². The van der Waals surface area contributed by atoms with E-state index in [-0.39, 0.29) is 0 Å². The third kappa shape index (κ3) is 9.11. The van der Waals surface area contributed by atoms with E-state index in [4.69, 9.17) is 14.1 Å². The summed E-state index contributed by atoms with van der Waals surface area (Å²) in [6, 6.07) is 3.26. The molecule has 0 aromatic carbocycles. The molecule has 0 aliphatic carbocycles. The molecule has 0 radical (unpaired) electrons. The Hall–Kier alpha value is 0.100. The minimum atomic E-state index is -1.65. The second kappa shape index (κ2) is 12.8. The van der Waals surface area contributed by atoms with Crippen LogP contribution in [0.2, 0.25) is 0 Å². The molecular weight excluding hydrogens is 365 g/mol. The van der Waals surface area contributed by atoms with Gasteiger partial charge in [0.1, 0.15) is 0 Å². The van der Waals surface area contributed by atoms with E-state index in [1.165, 1.54) is 12.8 Å². The summed E-state index contributed by atoms with van der Waals surface area (Å²) in [6.45, 7) is 10.5. The van der Waals surface area contributed by atoms with Gasteiger partial charge in [0.05, 0.1) is 0 Å². The van der Waals surface area contributed by atoms with Gasteiger partial charge in [0.25, 0.3) is 0 Å². The Balaban J connectivity index is 4.22. The van der Waals surface area contributed by atoms with Gasteiger partial charge >= 0.3 is 133 Å². The molecule has 2 N–H and O–H groups in total. The summed E-state index contributed by atoms with van der Waals surface area (Å²) in [6.07, 6.45) is 5.24. The van der Waals surface area contributed by atoms with Crippen LogP contribution in [-0.4, -0.2) is 32.8 Å². The first kappa shape index (κ1) is 20.1. The van der Waals surface area contributed by atoms with E-state index in [2.05, 4.69) is 36.9 Å². The predicted octanol–water partition coefficient (Wildman–Crippen LogP) is 3.89. The molecule has 0 saturated heterocycles. The van der Waals surface area contributed by atoms with Crippen molar-refractivity contribution in [3.63, 3.8) is 0 Å². The van der Waals surface area contributed by atoms with Crippen molar-refractivity contribution in [1.29, 1.82) is 5.26 Å². The van der Waals surface area contributed by atoms with Gasteiger partial charge in [0, 0.05) is 0 Å². The number of hydrogen-bond acceptors (Lipinski definition) is 4. The first-order chi connectivity index (χ1) is 9.54. The van der Waals surface area contributed by atoms with E-state index < -0.39 is 20.5 Å². The van der Waals surface area contributed by atoms with Crippen molar-refractivity contribution in [3.8, 4) is 6.07 Å². The molecule has 0 bridgehead atoms. The van der Waals surface area contributed by atoms with Crippen LogP contribution in [0.5, 0.6) is 0 Å². The van der Waals surface area contributed by atoms with Gasteiger partial charge in [0.15, 0.2) is 0 Å². The van der Waals surface area contributed by atoms with Crippen LogP contribution in [0.25, 0.3) is 0 Å². The van der Waals surface area contributed by atoms with Crippen LogP contribution in [0.4, 0.5) is 0 Å². The van der Waals surface area contributed by atoms with Crippen molar-refractivity contribution in [1.82, 2.24) is 3.11 Å². The first-order valence-corrected chi connectivity index (χ1v) is 11.1. The fourth-order valence-electron chi connectivity index (χ4n) is 2.11. The number of nitriles is 1. The van der Waals surface area contributed by atoms with Crippen LogP contribution < -0.4 is 5.73 Å². The molecule has 0 spiro atoms. The summed E-state index contributed by atoms with van der Waals surface area (Å²) in [5.74, 6) is 0. The SMILES string of the molecule is CC(C)N(C(C)C)I(CCC#N)OCCCCCCN. The third-order valence-electron chi connectivity index (χ3n) is 2.87. The maximum absolute atomic E-state index is 8.83. The summed E-state index contributed by atoms with van der Waals surface area (Å²) in [5.41, 5.74) is 5.49. The van der Waals surface area contributed by atoms with E-state index >= 15 is 0 Å². The zero-order valence-corrected chi connectivity index (χ0v) is 15.7. The average molecular weight is 397 g/mol. The Morgan fingerprint density at radius 2 is 1.70 bits per heavy atom. The van der Waals surface area contributed by atoms with Gasteiger partial charge in [-0.25, -0.2) is 0 Å². The topological polar surface area (TPSA) is 62.3 Å². The van der Waals surface area contributed by atoms with Crippen LogP contribution in [-0.2, 0) is 3.07 Å². The van der Waals surface area contributed by atoms with Gasteiger partial charge in [-0.05, 0) is 0 Å². The zero-order chi connectivity index (χ0) is 15.4. The molecule has 0 aliphatic heterocycles. The van der Waals surface area contributed by atoms with Gasteiger partial charge in [-0.3, -0.25) is 0 Å². The van der Waals surface area contributed by atoms with E-state index in [0.29, 0.717) is 18.5 Å². The van der Waals surface area contributed by atoms with Crippen LogP contribution >= 0.6 is 20.5 Å². The Kier molecular flexibility index (Phi) is 12.9. The quantitative estimate of drug-likeness (QED) is 0.235. The Labute approximate surface area is 133 Å². The number of nitrogens with two attached hydrogens (primary N) is 1. The first-order valence-electron chi connectivity index (χ1n) is 7.69. The summed E-state index contributed by atoms with van der Waals surface area (Å²) in [4.78, 5) is 0. The second-order valence-corrected chi connectivity index (χ2v) is 9.96. The van der Waals surface area contributed by atoms with E-state index in [0.717, 1.165) is 30.4 Å². The normalized spacial score (nSPS) is 12.2. The van der Waals surface area contributed by atoms with Crippen LogP contribution in [0.3, 0.4) is 0 Å². The van der Waals surface area contributed by atoms with E-state index in [1.54, 1.807) is 0 Å². The Morgan fingerprint density at radius 3 is 2.20 bits per heavy atom. The minimum absolute atomic E-state index is 0.496. The van der Waals surface area contributed by atoms with Crippen molar-refractivity contribution in [2.45, 2.75) is 71.9 Å². The molecule has 5 heteroatoms. The van der Waals surface area contributed by atoms with Crippen LogP contribution in [0.15, 0.2) is 0 Å². The Morgan fingerprint density at radius 1 is 1.10 bits per heavy atom. The Bertz CT molecular complexity index is 258. The predicted molar refractivity (Wildman–Crippen MR) is 94.7 cm³/mol. The molecule has 0 rings (SSSR count). The molecule has 0 amide bonds. The number of nitrogens with zero attached hydrogens (tertiary/aromatic N) is 2. The molecule has 0 aliphatic rings. The fraction of sp³-hybridized carbons (Fsp3) is 0.933. The standard InChI is InChI=1S/C15H32IN3O/c1-14(2)19(15(3)4)16(10-9-12-18)20-13-8-6-5-7-11-17/h14-15H,5-11,13,17H2,1-4H3. The zero-order valence-electron chi connectivity index (χ0n) is 13.6. The molecule has 0 aromatic rings. The van der Waals surface area contributed by atoms with Crippen molar-refractivity contribution >= 4 is 20.5 Å². The fourth-order valence-corrected chi connectivity index (χ4v) is 7.30. The summed E-state index contributed by atoms with van der Waals surface area (Å²) in [7, 11) is 0. The van der Waals surface area contributed by atoms with E-state index in [1.807, 2.05) is 0 Å². The summed E-state index contributed by atoms with van der Waals surface area (Å²) >= 11 is -1.65. The van der Waals surface area contributed by atoms with Crippen LogP contribution in [0.1, 0.15) is 59.8 Å². The van der Waals surface area contributed by atoms with E-state index in [9.17, 15) is 0 Å². The molecule has 120 valence electrons. The molecular formula is C15H32IN3O. The van der Waals surface area contributed by atoms with Gasteiger partial charge in [-0.1, -0.05) is 0 Å². The molecule has 0 fully saturated rings.